The maximum Gasteiger partial charge on any atom is 0.345 e. The zero-order valence-electron chi connectivity index (χ0n) is 26.6. The highest BCUT2D eigenvalue weighted by Gasteiger charge is 2.46. The lowest BCUT2D eigenvalue weighted by atomic mass is 9.71. The van der Waals surface area contributed by atoms with Crippen LogP contribution in [-0.4, -0.2) is 87.2 Å². The molecular weight excluding hydrogens is 688 g/mol. The van der Waals surface area contributed by atoms with E-state index in [0.717, 1.165) is 48.5 Å². The number of rotatable bonds is 11. The van der Waals surface area contributed by atoms with Crippen molar-refractivity contribution in [3.63, 3.8) is 0 Å². The monoisotopic (exact) mass is 718 g/mol. The smallest absolute Gasteiger partial charge is 0.345 e. The number of phenolic OH excluding ortho intramolecular Hbond substituents is 8. The molecule has 0 fully saturated rings. The van der Waals surface area contributed by atoms with Crippen LogP contribution in [0.1, 0.15) is 33.7 Å². The van der Waals surface area contributed by atoms with Gasteiger partial charge in [0.1, 0.15) is 5.92 Å². The van der Waals surface area contributed by atoms with Crippen LogP contribution in [0.25, 0.3) is 6.08 Å². The number of fused-ring (bicyclic) bond motifs is 1. The first-order valence-electron chi connectivity index (χ1n) is 15.2. The second kappa shape index (κ2) is 14.4. The second-order valence-electron chi connectivity index (χ2n) is 11.8. The largest absolute Gasteiger partial charge is 0.504 e. The first kappa shape index (κ1) is 36.2. The lowest BCUT2D eigenvalue weighted by molar-refractivity contribution is -0.168. The molecule has 4 atom stereocenters. The molecule has 16 nitrogen and oxygen atoms in total. The summed E-state index contributed by atoms with van der Waals surface area (Å²) in [5.41, 5.74) is -0.640. The van der Waals surface area contributed by atoms with E-state index in [0.29, 0.717) is 0 Å². The third-order valence-corrected chi connectivity index (χ3v) is 8.35. The Morgan fingerprint density at radius 2 is 1.06 bits per heavy atom. The number of esters is 2. The number of benzene rings is 4. The van der Waals surface area contributed by atoms with Crippen molar-refractivity contribution in [1.82, 2.24) is 0 Å². The minimum absolute atomic E-state index is 0.00792. The van der Waals surface area contributed by atoms with Crippen LogP contribution in [0.2, 0.25) is 0 Å². The van der Waals surface area contributed by atoms with Crippen LogP contribution >= 0.6 is 0 Å². The number of hydrogen-bond acceptors (Lipinski definition) is 14. The zero-order chi connectivity index (χ0) is 38.0. The van der Waals surface area contributed by atoms with Gasteiger partial charge in [-0.25, -0.2) is 14.4 Å². The number of carbonyl (C=O) groups excluding carboxylic acids is 2. The Hall–Kier alpha value is -7.10. The molecule has 16 heteroatoms. The molecule has 0 aliphatic heterocycles. The van der Waals surface area contributed by atoms with Crippen LogP contribution in [0.4, 0.5) is 0 Å². The predicted molar refractivity (Wildman–Crippen MR) is 175 cm³/mol. The Kier molecular flexibility index (Phi) is 10.0. The summed E-state index contributed by atoms with van der Waals surface area (Å²) in [5.74, 6) is -14.7. The lowest BCUT2D eigenvalue weighted by Gasteiger charge is -2.34. The lowest BCUT2D eigenvalue weighted by Crippen LogP contribution is -2.39. The molecule has 0 amide bonds. The summed E-state index contributed by atoms with van der Waals surface area (Å²) < 4.78 is 10.8. The highest BCUT2D eigenvalue weighted by atomic mass is 16.6. The molecule has 4 aromatic rings. The van der Waals surface area contributed by atoms with Crippen molar-refractivity contribution in [2.24, 2.45) is 5.92 Å². The summed E-state index contributed by atoms with van der Waals surface area (Å²) in [6, 6.07) is 12.2. The molecule has 5 rings (SSSR count). The highest BCUT2D eigenvalue weighted by molar-refractivity contribution is 6.03. The van der Waals surface area contributed by atoms with Gasteiger partial charge in [-0.15, -0.1) is 0 Å². The number of phenols is 8. The van der Waals surface area contributed by atoms with Crippen molar-refractivity contribution >= 4 is 30.0 Å². The van der Waals surface area contributed by atoms with E-state index in [2.05, 4.69) is 0 Å². The van der Waals surface area contributed by atoms with Crippen LogP contribution < -0.4 is 0 Å². The molecule has 1 aliphatic rings. The van der Waals surface area contributed by atoms with Gasteiger partial charge >= 0.3 is 23.9 Å². The molecular formula is C36H30O16. The molecule has 0 bridgehead atoms. The first-order valence-corrected chi connectivity index (χ1v) is 15.2. The molecule has 1 aliphatic carbocycles. The van der Waals surface area contributed by atoms with Gasteiger partial charge in [0.15, 0.2) is 46.0 Å². The summed E-state index contributed by atoms with van der Waals surface area (Å²) in [6.07, 6.45) is -3.99. The van der Waals surface area contributed by atoms with Crippen molar-refractivity contribution in [1.29, 1.82) is 0 Å². The predicted octanol–water partition coefficient (Wildman–Crippen LogP) is 2.95. The third kappa shape index (κ3) is 7.40. The average molecular weight is 719 g/mol. The fraction of sp³-hybridized carbons (Fsp3) is 0.167. The highest BCUT2D eigenvalue weighted by Crippen LogP contribution is 2.50. The van der Waals surface area contributed by atoms with Gasteiger partial charge in [0.05, 0.1) is 5.57 Å². The van der Waals surface area contributed by atoms with Gasteiger partial charge in [0, 0.05) is 24.3 Å². The molecule has 0 saturated carbocycles. The van der Waals surface area contributed by atoms with Crippen LogP contribution in [0.3, 0.4) is 0 Å². The summed E-state index contributed by atoms with van der Waals surface area (Å²) in [6.45, 7) is 0. The molecule has 4 aromatic carbocycles. The molecule has 0 aromatic heterocycles. The number of aromatic hydroxyl groups is 8. The van der Waals surface area contributed by atoms with Crippen LogP contribution in [-0.2, 0) is 41.5 Å². The van der Waals surface area contributed by atoms with Gasteiger partial charge in [-0.2, -0.15) is 0 Å². The van der Waals surface area contributed by atoms with Crippen molar-refractivity contribution in [3.05, 3.63) is 100 Å². The number of carboxylic acid groups (broad SMARTS) is 2. The number of hydrogen-bond donors (Lipinski definition) is 10. The Labute approximate surface area is 292 Å². The van der Waals surface area contributed by atoms with Crippen LogP contribution in [0.15, 0.2) is 72.3 Å². The van der Waals surface area contributed by atoms with Crippen molar-refractivity contribution in [3.8, 4) is 46.0 Å². The maximum atomic E-state index is 14.2. The Morgan fingerprint density at radius 1 is 0.577 bits per heavy atom. The number of aliphatic carboxylic acids is 2. The quantitative estimate of drug-likeness (QED) is 0.0788. The van der Waals surface area contributed by atoms with E-state index < -0.39 is 112 Å². The van der Waals surface area contributed by atoms with Crippen molar-refractivity contribution in [2.75, 3.05) is 0 Å². The van der Waals surface area contributed by atoms with Gasteiger partial charge in [0.2, 0.25) is 12.2 Å². The average Bonchev–Trinajstić information content (AvgIpc) is 3.09. The molecule has 0 unspecified atom stereocenters. The molecule has 52 heavy (non-hydrogen) atoms. The Bertz CT molecular complexity index is 2120. The van der Waals surface area contributed by atoms with Gasteiger partial charge in [-0.1, -0.05) is 24.3 Å². The Balaban J connectivity index is 1.62. The van der Waals surface area contributed by atoms with Crippen molar-refractivity contribution < 1.29 is 79.7 Å². The normalized spacial score (nSPS) is 16.1. The van der Waals surface area contributed by atoms with Gasteiger partial charge in [-0.05, 0) is 70.8 Å². The zero-order valence-corrected chi connectivity index (χ0v) is 26.6. The van der Waals surface area contributed by atoms with Crippen LogP contribution in [0.5, 0.6) is 46.0 Å². The van der Waals surface area contributed by atoms with E-state index in [1.807, 2.05) is 0 Å². The van der Waals surface area contributed by atoms with E-state index in [-0.39, 0.29) is 27.8 Å². The standard InChI is InChI=1S/C36H30O16/c37-20-5-1-15(9-24(20)41)11-27(33(45)46)51-35(49)19-13-17-4-8-23(40)32(44)30(17)29(18-3-7-22(39)26(43)14-18)31(19)36(50)52-28(34(47)48)12-16-2-6-21(38)25(42)10-16/h1-10,13-14,27-29,31,37-44H,11-12H2,(H,45,46)(H,47,48)/t27-,28+,29-,31-/m1/s1. The summed E-state index contributed by atoms with van der Waals surface area (Å²) in [5, 5.41) is 101. The van der Waals surface area contributed by atoms with E-state index in [9.17, 15) is 70.2 Å². The van der Waals surface area contributed by atoms with Gasteiger partial charge < -0.3 is 60.5 Å². The third-order valence-electron chi connectivity index (χ3n) is 8.35. The SMILES string of the molecule is O=C(O[C@H](Cc1ccc(O)c(O)c1)C(=O)O)C1=Cc2ccc(O)c(O)c2[C@@H](c2ccc(O)c(O)c2)[C@@H]1C(=O)O[C@@H](Cc1ccc(O)c(O)c1)C(=O)O. The molecule has 0 spiro atoms. The maximum absolute atomic E-state index is 14.2. The van der Waals surface area contributed by atoms with E-state index in [4.69, 9.17) is 9.47 Å². The van der Waals surface area contributed by atoms with E-state index >= 15 is 0 Å². The van der Waals surface area contributed by atoms with Crippen LogP contribution in [0, 0.1) is 5.92 Å². The topological polar surface area (TPSA) is 289 Å². The fourth-order valence-electron chi connectivity index (χ4n) is 5.80. The summed E-state index contributed by atoms with van der Waals surface area (Å²) in [7, 11) is 0. The van der Waals surface area contributed by atoms with Gasteiger partial charge in [-0.3, -0.25) is 4.79 Å². The molecule has 10 N–H and O–H groups in total. The molecule has 0 heterocycles. The fourth-order valence-corrected chi connectivity index (χ4v) is 5.80. The molecule has 0 saturated heterocycles. The minimum Gasteiger partial charge on any atom is -0.504 e. The summed E-state index contributed by atoms with van der Waals surface area (Å²) in [4.78, 5) is 52.8. The molecule has 270 valence electrons. The van der Waals surface area contributed by atoms with E-state index in [1.54, 1.807) is 0 Å². The number of ether oxygens (including phenoxy) is 2. The number of carboxylic acids is 2. The second-order valence-corrected chi connectivity index (χ2v) is 11.8. The summed E-state index contributed by atoms with van der Waals surface area (Å²) >= 11 is 0. The Morgan fingerprint density at radius 3 is 1.56 bits per heavy atom. The molecule has 0 radical (unpaired) electrons. The number of carbonyl (C=O) groups is 4. The van der Waals surface area contributed by atoms with E-state index in [1.165, 1.54) is 24.3 Å². The van der Waals surface area contributed by atoms with Gasteiger partial charge in [0.25, 0.3) is 0 Å². The first-order chi connectivity index (χ1) is 24.5. The minimum atomic E-state index is -1.99. The van der Waals surface area contributed by atoms with Crippen molar-refractivity contribution in [2.45, 2.75) is 31.0 Å².